The predicted molar refractivity (Wildman–Crippen MR) is 70.8 cm³/mol. The van der Waals surface area contributed by atoms with Gasteiger partial charge in [-0.25, -0.2) is 9.78 Å². The molecule has 1 aromatic rings. The number of carboxylic acid groups (broad SMARTS) is 1. The Labute approximate surface area is 109 Å². The lowest BCUT2D eigenvalue weighted by atomic mass is 10.2. The van der Waals surface area contributed by atoms with E-state index in [1.807, 2.05) is 0 Å². The van der Waals surface area contributed by atoms with Crippen LogP contribution in [0.2, 0.25) is 0 Å². The largest absolute Gasteiger partial charge is 0.476 e. The molecule has 0 aliphatic carbocycles. The Morgan fingerprint density at radius 3 is 2.89 bits per heavy atom. The first-order chi connectivity index (χ1) is 8.65. The van der Waals surface area contributed by atoms with Crippen LogP contribution in [0.5, 0.6) is 0 Å². The minimum absolute atomic E-state index is 0.210. The van der Waals surface area contributed by atoms with E-state index >= 15 is 0 Å². The fraction of sp³-hybridized carbons (Fsp3) is 0.545. The number of aliphatic carboxylic acids is 1. The molecule has 1 rings (SSSR count). The number of nitrogens with two attached hydrogens (primary N) is 1. The minimum atomic E-state index is -1.17. The highest BCUT2D eigenvalue weighted by Gasteiger charge is 2.16. The van der Waals surface area contributed by atoms with Crippen LogP contribution in [0, 0.1) is 0 Å². The van der Waals surface area contributed by atoms with Gasteiger partial charge in [0.2, 0.25) is 5.71 Å². The van der Waals surface area contributed by atoms with Crippen LogP contribution in [0.4, 0.5) is 5.13 Å². The molecule has 6 nitrogen and oxygen atoms in total. The van der Waals surface area contributed by atoms with Crippen molar-refractivity contribution in [1.82, 2.24) is 4.98 Å². The molecule has 0 amide bonds. The molecule has 0 atom stereocenters. The van der Waals surface area contributed by atoms with Gasteiger partial charge in [-0.1, -0.05) is 24.9 Å². The average molecular weight is 271 g/mol. The van der Waals surface area contributed by atoms with Crippen LogP contribution in [0.15, 0.2) is 10.5 Å². The van der Waals surface area contributed by atoms with Gasteiger partial charge in [0.05, 0.1) is 0 Å². The van der Waals surface area contributed by atoms with E-state index < -0.39 is 5.97 Å². The van der Waals surface area contributed by atoms with Gasteiger partial charge in [-0.15, -0.1) is 11.3 Å². The number of carbonyl (C=O) groups is 1. The summed E-state index contributed by atoms with van der Waals surface area (Å²) in [4.78, 5) is 19.9. The van der Waals surface area contributed by atoms with Crippen LogP contribution in [-0.4, -0.2) is 28.4 Å². The number of nitrogen functional groups attached to an aromatic ring is 1. The highest BCUT2D eigenvalue weighted by Crippen LogP contribution is 2.12. The first-order valence-corrected chi connectivity index (χ1v) is 6.67. The number of thiazole rings is 1. The van der Waals surface area contributed by atoms with E-state index in [4.69, 9.17) is 15.7 Å². The Morgan fingerprint density at radius 1 is 1.56 bits per heavy atom. The van der Waals surface area contributed by atoms with E-state index in [0.29, 0.717) is 11.7 Å². The van der Waals surface area contributed by atoms with Crippen molar-refractivity contribution < 1.29 is 14.7 Å². The van der Waals surface area contributed by atoms with E-state index in [0.717, 1.165) is 25.7 Å². The van der Waals surface area contributed by atoms with E-state index in [2.05, 4.69) is 17.1 Å². The fourth-order valence-electron chi connectivity index (χ4n) is 1.30. The summed E-state index contributed by atoms with van der Waals surface area (Å²) >= 11 is 1.17. The fourth-order valence-corrected chi connectivity index (χ4v) is 1.84. The number of carboxylic acids is 1. The van der Waals surface area contributed by atoms with Gasteiger partial charge >= 0.3 is 5.97 Å². The molecule has 0 spiro atoms. The normalized spacial score (nSPS) is 11.5. The van der Waals surface area contributed by atoms with Gasteiger partial charge in [-0.2, -0.15) is 0 Å². The molecule has 0 aliphatic rings. The maximum Gasteiger partial charge on any atom is 0.360 e. The van der Waals surface area contributed by atoms with Crippen molar-refractivity contribution >= 4 is 28.1 Å². The molecule has 0 unspecified atom stereocenters. The van der Waals surface area contributed by atoms with Gasteiger partial charge < -0.3 is 15.7 Å². The molecule has 18 heavy (non-hydrogen) atoms. The molecule has 0 aliphatic heterocycles. The molecule has 0 bridgehead atoms. The number of anilines is 1. The summed E-state index contributed by atoms with van der Waals surface area (Å²) in [6.07, 6.45) is 4.20. The van der Waals surface area contributed by atoms with E-state index in [-0.39, 0.29) is 11.4 Å². The van der Waals surface area contributed by atoms with Crippen LogP contribution >= 0.6 is 11.3 Å². The van der Waals surface area contributed by atoms with Crippen molar-refractivity contribution in [3.8, 4) is 0 Å². The van der Waals surface area contributed by atoms with Crippen molar-refractivity contribution in [2.75, 3.05) is 12.3 Å². The molecular formula is C11H17N3O3S. The van der Waals surface area contributed by atoms with Crippen LogP contribution in [0.3, 0.4) is 0 Å². The summed E-state index contributed by atoms with van der Waals surface area (Å²) in [6.45, 7) is 2.53. The number of hydrogen-bond donors (Lipinski definition) is 2. The summed E-state index contributed by atoms with van der Waals surface area (Å²) in [6, 6.07) is 0. The third kappa shape index (κ3) is 4.70. The summed E-state index contributed by atoms with van der Waals surface area (Å²) in [5, 5.41) is 14.5. The zero-order valence-electron chi connectivity index (χ0n) is 10.3. The van der Waals surface area contributed by atoms with Gasteiger partial charge in [-0.05, 0) is 12.8 Å². The Kier molecular flexibility index (Phi) is 6.13. The maximum atomic E-state index is 11.0. The smallest absolute Gasteiger partial charge is 0.360 e. The summed E-state index contributed by atoms with van der Waals surface area (Å²) in [5.74, 6) is -1.17. The SMILES string of the molecule is CCCCCCO/N=C(\C(=O)O)c1csc(N)n1. The van der Waals surface area contributed by atoms with E-state index in [1.54, 1.807) is 5.38 Å². The standard InChI is InChI=1S/C11H17N3O3S/c1-2-3-4-5-6-17-14-9(10(15)16)8-7-18-11(12)13-8/h7H,2-6H2,1H3,(H2,12,13)(H,15,16)/b14-9-. The number of unbranched alkanes of at least 4 members (excludes halogenated alkanes) is 3. The third-order valence-electron chi connectivity index (χ3n) is 2.21. The Hall–Kier alpha value is -1.63. The van der Waals surface area contributed by atoms with Crippen LogP contribution in [0.25, 0.3) is 0 Å². The van der Waals surface area contributed by atoms with Gasteiger partial charge in [0.25, 0.3) is 0 Å². The number of rotatable bonds is 8. The number of nitrogens with zero attached hydrogens (tertiary/aromatic N) is 2. The van der Waals surface area contributed by atoms with Crippen LogP contribution in [-0.2, 0) is 9.63 Å². The first-order valence-electron chi connectivity index (χ1n) is 5.79. The molecule has 100 valence electrons. The molecular weight excluding hydrogens is 254 g/mol. The summed E-state index contributed by atoms with van der Waals surface area (Å²) in [5.41, 5.74) is 5.47. The van der Waals surface area contributed by atoms with Crippen LogP contribution in [0.1, 0.15) is 38.3 Å². The lowest BCUT2D eigenvalue weighted by Gasteiger charge is -2.00. The molecule has 1 aromatic heterocycles. The third-order valence-corrected chi connectivity index (χ3v) is 2.89. The quantitative estimate of drug-likeness (QED) is 0.428. The highest BCUT2D eigenvalue weighted by molar-refractivity contribution is 7.13. The summed E-state index contributed by atoms with van der Waals surface area (Å²) < 4.78 is 0. The van der Waals surface area contributed by atoms with Crippen molar-refractivity contribution in [2.24, 2.45) is 5.16 Å². The van der Waals surface area contributed by atoms with E-state index in [1.165, 1.54) is 11.3 Å². The Morgan fingerprint density at radius 2 is 2.33 bits per heavy atom. The topological polar surface area (TPSA) is 97.8 Å². The molecule has 0 saturated carbocycles. The second kappa shape index (κ2) is 7.65. The molecule has 7 heteroatoms. The molecule has 3 N–H and O–H groups in total. The average Bonchev–Trinajstić information content (AvgIpc) is 2.74. The molecule has 0 radical (unpaired) electrons. The van der Waals surface area contributed by atoms with Crippen molar-refractivity contribution in [1.29, 1.82) is 0 Å². The van der Waals surface area contributed by atoms with Gasteiger partial charge in [0.15, 0.2) is 5.13 Å². The summed E-state index contributed by atoms with van der Waals surface area (Å²) in [7, 11) is 0. The first kappa shape index (κ1) is 14.4. The highest BCUT2D eigenvalue weighted by atomic mass is 32.1. The van der Waals surface area contributed by atoms with Crippen molar-refractivity contribution in [2.45, 2.75) is 32.6 Å². The van der Waals surface area contributed by atoms with Gasteiger partial charge in [0, 0.05) is 5.38 Å². The molecule has 0 aromatic carbocycles. The van der Waals surface area contributed by atoms with E-state index in [9.17, 15) is 4.79 Å². The Bertz CT molecular complexity index is 417. The lowest BCUT2D eigenvalue weighted by molar-refractivity contribution is -0.129. The lowest BCUT2D eigenvalue weighted by Crippen LogP contribution is -2.15. The zero-order valence-corrected chi connectivity index (χ0v) is 11.1. The second-order valence-electron chi connectivity index (χ2n) is 3.71. The minimum Gasteiger partial charge on any atom is -0.476 e. The number of hydrogen-bond acceptors (Lipinski definition) is 6. The molecule has 1 heterocycles. The second-order valence-corrected chi connectivity index (χ2v) is 4.60. The number of aromatic nitrogens is 1. The maximum absolute atomic E-state index is 11.0. The molecule has 0 saturated heterocycles. The predicted octanol–water partition coefficient (Wildman–Crippen LogP) is 2.11. The van der Waals surface area contributed by atoms with Crippen molar-refractivity contribution in [3.63, 3.8) is 0 Å². The number of oxime groups is 1. The monoisotopic (exact) mass is 271 g/mol. The van der Waals surface area contributed by atoms with Crippen LogP contribution < -0.4 is 5.73 Å². The van der Waals surface area contributed by atoms with Crippen molar-refractivity contribution in [3.05, 3.63) is 11.1 Å². The Balaban J connectivity index is 2.50. The van der Waals surface area contributed by atoms with Gasteiger partial charge in [-0.3, -0.25) is 0 Å². The molecule has 0 fully saturated rings. The zero-order chi connectivity index (χ0) is 13.4. The van der Waals surface area contributed by atoms with Gasteiger partial charge in [0.1, 0.15) is 12.3 Å².